The smallest absolute Gasteiger partial charge is 0.263 e. The van der Waals surface area contributed by atoms with Crippen LogP contribution in [0, 0.1) is 13.8 Å². The number of fused-ring (bicyclic) bond motifs is 1. The van der Waals surface area contributed by atoms with Crippen LogP contribution in [0.25, 0.3) is 10.1 Å². The molecule has 2 rings (SSSR count). The van der Waals surface area contributed by atoms with E-state index in [9.17, 15) is 4.79 Å². The quantitative estimate of drug-likeness (QED) is 0.902. The zero-order valence-electron chi connectivity index (χ0n) is 13.3. The Kier molecular flexibility index (Phi) is 4.23. The Balaban J connectivity index is 2.41. The Labute approximate surface area is 129 Å². The van der Waals surface area contributed by atoms with Gasteiger partial charge in [-0.25, -0.2) is 0 Å². The van der Waals surface area contributed by atoms with E-state index < -0.39 is 0 Å². The number of carbonyl (C=O) groups is 1. The molecule has 0 aliphatic rings. The molecule has 21 heavy (non-hydrogen) atoms. The lowest BCUT2D eigenvalue weighted by Crippen LogP contribution is -2.43. The molecule has 0 aliphatic heterocycles. The number of hydrogen-bond acceptors (Lipinski definition) is 4. The predicted octanol–water partition coefficient (Wildman–Crippen LogP) is 3.80. The average Bonchev–Trinajstić information content (AvgIpc) is 2.65. The molecule has 0 radical (unpaired) electrons. The molecule has 0 fully saturated rings. The topological polar surface area (TPSA) is 68.0 Å². The van der Waals surface area contributed by atoms with Crippen molar-refractivity contribution in [2.24, 2.45) is 0 Å². The monoisotopic (exact) mass is 305 g/mol. The first-order valence-corrected chi connectivity index (χ1v) is 8.05. The van der Waals surface area contributed by atoms with Crippen molar-refractivity contribution in [1.29, 1.82) is 0 Å². The highest BCUT2D eigenvalue weighted by atomic mass is 32.1. The van der Waals surface area contributed by atoms with Gasteiger partial charge in [0, 0.05) is 27.0 Å². The summed E-state index contributed by atoms with van der Waals surface area (Å²) in [7, 11) is 0. The fourth-order valence-corrected chi connectivity index (χ4v) is 3.86. The van der Waals surface area contributed by atoms with Gasteiger partial charge in [0.05, 0.1) is 5.69 Å². The Morgan fingerprint density at radius 1 is 1.43 bits per heavy atom. The fourth-order valence-electron chi connectivity index (χ4n) is 2.70. The molecule has 2 aromatic rings. The van der Waals surface area contributed by atoms with E-state index in [1.807, 2.05) is 33.8 Å². The van der Waals surface area contributed by atoms with E-state index in [2.05, 4.69) is 17.2 Å². The highest BCUT2D eigenvalue weighted by molar-refractivity contribution is 7.21. The van der Waals surface area contributed by atoms with Crippen molar-refractivity contribution >= 4 is 33.0 Å². The third-order valence-electron chi connectivity index (χ3n) is 3.55. The van der Waals surface area contributed by atoms with Gasteiger partial charge in [-0.3, -0.25) is 9.78 Å². The number of thiophene rings is 1. The summed E-state index contributed by atoms with van der Waals surface area (Å²) in [5, 5.41) is 3.99. The molecule has 4 nitrogen and oxygen atoms in total. The van der Waals surface area contributed by atoms with E-state index in [0.717, 1.165) is 34.3 Å². The van der Waals surface area contributed by atoms with Gasteiger partial charge in [0.25, 0.3) is 5.91 Å². The first-order valence-electron chi connectivity index (χ1n) is 7.24. The molecule has 0 spiro atoms. The summed E-state index contributed by atoms with van der Waals surface area (Å²) >= 11 is 1.44. The molecule has 0 aliphatic carbocycles. The van der Waals surface area contributed by atoms with Crippen molar-refractivity contribution in [2.75, 3.05) is 5.73 Å². The lowest BCUT2D eigenvalue weighted by atomic mass is 9.99. The molecule has 5 heteroatoms. The number of nitrogens with zero attached hydrogens (tertiary/aromatic N) is 1. The molecule has 0 saturated carbocycles. The second-order valence-corrected chi connectivity index (χ2v) is 7.21. The molecule has 0 bridgehead atoms. The molecule has 114 valence electrons. The first kappa shape index (κ1) is 15.8. The number of anilines is 1. The van der Waals surface area contributed by atoms with Crippen molar-refractivity contribution < 1.29 is 4.79 Å². The van der Waals surface area contributed by atoms with Crippen molar-refractivity contribution in [2.45, 2.75) is 53.0 Å². The number of pyridine rings is 1. The number of amides is 1. The second-order valence-electron chi connectivity index (χ2n) is 6.16. The summed E-state index contributed by atoms with van der Waals surface area (Å²) in [6, 6.07) is 1.98. The van der Waals surface area contributed by atoms with Crippen LogP contribution < -0.4 is 11.1 Å². The maximum atomic E-state index is 12.5. The lowest BCUT2D eigenvalue weighted by molar-refractivity contribution is 0.0914. The Bertz CT molecular complexity index is 688. The number of nitrogens with two attached hydrogens (primary N) is 1. The zero-order valence-corrected chi connectivity index (χ0v) is 14.1. The maximum absolute atomic E-state index is 12.5. The molecule has 2 heterocycles. The number of carbonyl (C=O) groups excluding carboxylic acids is 1. The van der Waals surface area contributed by atoms with E-state index in [-0.39, 0.29) is 11.4 Å². The van der Waals surface area contributed by atoms with E-state index in [1.165, 1.54) is 11.3 Å². The summed E-state index contributed by atoms with van der Waals surface area (Å²) in [5.41, 5.74) is 8.34. The molecule has 1 amide bonds. The van der Waals surface area contributed by atoms with Crippen molar-refractivity contribution in [1.82, 2.24) is 10.3 Å². The first-order chi connectivity index (χ1) is 9.75. The van der Waals surface area contributed by atoms with Gasteiger partial charge in [0.15, 0.2) is 0 Å². The van der Waals surface area contributed by atoms with Gasteiger partial charge in [-0.2, -0.15) is 0 Å². The normalized spacial score (nSPS) is 11.9. The Hall–Kier alpha value is -1.62. The van der Waals surface area contributed by atoms with Gasteiger partial charge in [0.1, 0.15) is 4.88 Å². The molecule has 0 unspecified atom stereocenters. The van der Waals surface area contributed by atoms with Gasteiger partial charge in [-0.1, -0.05) is 13.3 Å². The zero-order chi connectivity index (χ0) is 15.8. The Morgan fingerprint density at radius 3 is 2.71 bits per heavy atom. The van der Waals surface area contributed by atoms with Crippen LogP contribution in [0.15, 0.2) is 6.07 Å². The summed E-state index contributed by atoms with van der Waals surface area (Å²) in [4.78, 5) is 17.5. The molecular formula is C16H23N3OS. The highest BCUT2D eigenvalue weighted by Gasteiger charge is 2.24. The summed E-state index contributed by atoms with van der Waals surface area (Å²) in [6.45, 7) is 10.1. The number of nitrogen functional groups attached to an aromatic ring is 1. The van der Waals surface area contributed by atoms with Crippen LogP contribution in [0.3, 0.4) is 0 Å². The van der Waals surface area contributed by atoms with Crippen LogP contribution in [-0.4, -0.2) is 16.4 Å². The largest absolute Gasteiger partial charge is 0.397 e. The predicted molar refractivity (Wildman–Crippen MR) is 90.0 cm³/mol. The molecule has 3 N–H and O–H groups in total. The van der Waals surface area contributed by atoms with Gasteiger partial charge >= 0.3 is 0 Å². The summed E-state index contributed by atoms with van der Waals surface area (Å²) < 4.78 is 1.02. The van der Waals surface area contributed by atoms with Crippen LogP contribution in [0.1, 0.15) is 54.7 Å². The van der Waals surface area contributed by atoms with Gasteiger partial charge < -0.3 is 11.1 Å². The van der Waals surface area contributed by atoms with Crippen LogP contribution in [0.5, 0.6) is 0 Å². The third-order valence-corrected chi connectivity index (χ3v) is 4.70. The van der Waals surface area contributed by atoms with Crippen LogP contribution >= 0.6 is 11.3 Å². The van der Waals surface area contributed by atoms with E-state index in [0.29, 0.717) is 10.6 Å². The number of aryl methyl sites for hydroxylation is 2. The maximum Gasteiger partial charge on any atom is 0.263 e. The van der Waals surface area contributed by atoms with Gasteiger partial charge in [-0.15, -0.1) is 11.3 Å². The van der Waals surface area contributed by atoms with Crippen molar-refractivity contribution in [3.8, 4) is 0 Å². The van der Waals surface area contributed by atoms with Crippen molar-refractivity contribution in [3.05, 3.63) is 22.3 Å². The Morgan fingerprint density at radius 2 is 2.10 bits per heavy atom. The number of aromatic nitrogens is 1. The molecule has 0 aromatic carbocycles. The van der Waals surface area contributed by atoms with E-state index >= 15 is 0 Å². The summed E-state index contributed by atoms with van der Waals surface area (Å²) in [6.07, 6.45) is 1.96. The minimum atomic E-state index is -0.225. The van der Waals surface area contributed by atoms with Crippen LogP contribution in [-0.2, 0) is 0 Å². The van der Waals surface area contributed by atoms with Crippen LogP contribution in [0.2, 0.25) is 0 Å². The molecule has 0 saturated heterocycles. The third kappa shape index (κ3) is 3.18. The fraction of sp³-hybridized carbons (Fsp3) is 0.500. The van der Waals surface area contributed by atoms with E-state index in [4.69, 9.17) is 5.73 Å². The average molecular weight is 305 g/mol. The van der Waals surface area contributed by atoms with Gasteiger partial charge in [-0.05, 0) is 40.2 Å². The van der Waals surface area contributed by atoms with Crippen molar-refractivity contribution in [3.63, 3.8) is 0 Å². The SMILES string of the molecule is CCCC(C)(C)NC(=O)c1sc2cc(C)nc(C)c2c1N. The standard InChI is InChI=1S/C16H23N3OS/c1-6-7-16(4,5)19-15(20)14-13(17)12-10(3)18-9(2)8-11(12)21-14/h8H,6-7,17H2,1-5H3,(H,19,20). The minimum absolute atomic E-state index is 0.0933. The van der Waals surface area contributed by atoms with Crippen LogP contribution in [0.4, 0.5) is 5.69 Å². The number of rotatable bonds is 4. The number of hydrogen-bond donors (Lipinski definition) is 2. The van der Waals surface area contributed by atoms with E-state index in [1.54, 1.807) is 0 Å². The number of nitrogens with one attached hydrogen (secondary N) is 1. The highest BCUT2D eigenvalue weighted by Crippen LogP contribution is 2.35. The molecule has 2 aromatic heterocycles. The molecular weight excluding hydrogens is 282 g/mol. The summed E-state index contributed by atoms with van der Waals surface area (Å²) in [5.74, 6) is -0.0933. The lowest BCUT2D eigenvalue weighted by Gasteiger charge is -2.25. The molecule has 0 atom stereocenters. The van der Waals surface area contributed by atoms with Gasteiger partial charge in [0.2, 0.25) is 0 Å². The second kappa shape index (κ2) is 5.64. The minimum Gasteiger partial charge on any atom is -0.397 e.